The molecule has 0 aliphatic carbocycles. The summed E-state index contributed by atoms with van der Waals surface area (Å²) in [5.74, 6) is -3.62. The van der Waals surface area contributed by atoms with E-state index in [1.54, 1.807) is 18.2 Å². The normalized spacial score (nSPS) is 24.2. The standard InChI is InChI=1S/C21H25NO11/c1-11(23)28-10-16-17(29-12(2)24)18(30-13(3)25)19(31-14(4)26)21(32-16)33-22-20(27)15-8-6-5-7-9-15/h5-9,16-19,21H,10H2,1-4H3,(H,22,27). The van der Waals surface area contributed by atoms with Gasteiger partial charge in [-0.1, -0.05) is 18.2 Å². The van der Waals surface area contributed by atoms with Gasteiger partial charge in [0.25, 0.3) is 5.91 Å². The van der Waals surface area contributed by atoms with Gasteiger partial charge in [-0.05, 0) is 12.1 Å². The number of hydrogen-bond donors (Lipinski definition) is 1. The lowest BCUT2D eigenvalue weighted by Gasteiger charge is -2.43. The Kier molecular flexibility index (Phi) is 9.30. The third-order valence-corrected chi connectivity index (χ3v) is 4.25. The summed E-state index contributed by atoms with van der Waals surface area (Å²) in [6.45, 7) is 4.04. The summed E-state index contributed by atoms with van der Waals surface area (Å²) in [5.41, 5.74) is 2.44. The maximum Gasteiger partial charge on any atom is 0.303 e. The molecule has 0 bridgehead atoms. The van der Waals surface area contributed by atoms with Crippen molar-refractivity contribution in [3.8, 4) is 0 Å². The highest BCUT2D eigenvalue weighted by Gasteiger charge is 2.53. The van der Waals surface area contributed by atoms with Crippen molar-refractivity contribution in [1.29, 1.82) is 0 Å². The molecule has 5 atom stereocenters. The predicted octanol–water partition coefficient (Wildman–Crippen LogP) is 0.431. The van der Waals surface area contributed by atoms with Gasteiger partial charge in [-0.2, -0.15) is 0 Å². The number of hydrogen-bond acceptors (Lipinski definition) is 11. The van der Waals surface area contributed by atoms with Crippen molar-refractivity contribution in [3.05, 3.63) is 35.9 Å². The van der Waals surface area contributed by atoms with E-state index >= 15 is 0 Å². The summed E-state index contributed by atoms with van der Waals surface area (Å²) in [4.78, 5) is 64.2. The molecule has 12 nitrogen and oxygen atoms in total. The van der Waals surface area contributed by atoms with Crippen LogP contribution in [-0.4, -0.2) is 67.1 Å². The molecule has 0 spiro atoms. The molecule has 12 heteroatoms. The lowest BCUT2D eigenvalue weighted by molar-refractivity contribution is -0.317. The first-order chi connectivity index (χ1) is 15.6. The molecule has 1 N–H and O–H groups in total. The van der Waals surface area contributed by atoms with Crippen LogP contribution in [-0.2, 0) is 47.7 Å². The van der Waals surface area contributed by atoms with Crippen molar-refractivity contribution in [1.82, 2.24) is 5.48 Å². The van der Waals surface area contributed by atoms with Gasteiger partial charge < -0.3 is 23.7 Å². The third kappa shape index (κ3) is 7.84. The highest BCUT2D eigenvalue weighted by molar-refractivity contribution is 5.93. The monoisotopic (exact) mass is 467 g/mol. The van der Waals surface area contributed by atoms with Gasteiger partial charge in [0.1, 0.15) is 12.7 Å². The molecule has 0 aromatic heterocycles. The molecule has 1 saturated heterocycles. The van der Waals surface area contributed by atoms with Crippen LogP contribution in [0.3, 0.4) is 0 Å². The van der Waals surface area contributed by atoms with Gasteiger partial charge in [-0.25, -0.2) is 10.3 Å². The molecule has 1 aliphatic rings. The molecule has 1 heterocycles. The molecule has 0 radical (unpaired) electrons. The topological polar surface area (TPSA) is 153 Å². The first kappa shape index (κ1) is 25.7. The van der Waals surface area contributed by atoms with Crippen LogP contribution in [0.25, 0.3) is 0 Å². The van der Waals surface area contributed by atoms with Crippen molar-refractivity contribution >= 4 is 29.8 Å². The number of carbonyl (C=O) groups excluding carboxylic acids is 5. The molecular formula is C21H25NO11. The number of amides is 1. The van der Waals surface area contributed by atoms with Crippen LogP contribution < -0.4 is 5.48 Å². The van der Waals surface area contributed by atoms with Gasteiger partial charge in [-0.3, -0.25) is 24.0 Å². The molecule has 1 aromatic rings. The first-order valence-corrected chi connectivity index (χ1v) is 9.90. The van der Waals surface area contributed by atoms with E-state index in [-0.39, 0.29) is 5.56 Å². The highest BCUT2D eigenvalue weighted by Crippen LogP contribution is 2.29. The fourth-order valence-corrected chi connectivity index (χ4v) is 3.04. The Morgan fingerprint density at radius 1 is 0.788 bits per heavy atom. The van der Waals surface area contributed by atoms with Crippen LogP contribution in [0, 0.1) is 0 Å². The molecule has 5 unspecified atom stereocenters. The van der Waals surface area contributed by atoms with Gasteiger partial charge in [0.15, 0.2) is 18.3 Å². The Hall–Kier alpha value is -3.51. The minimum Gasteiger partial charge on any atom is -0.463 e. The lowest BCUT2D eigenvalue weighted by Crippen LogP contribution is -2.63. The second kappa shape index (κ2) is 11.9. The summed E-state index contributed by atoms with van der Waals surface area (Å²) >= 11 is 0. The molecular weight excluding hydrogens is 442 g/mol. The van der Waals surface area contributed by atoms with Crippen LogP contribution in [0.5, 0.6) is 0 Å². The molecule has 2 rings (SSSR count). The van der Waals surface area contributed by atoms with Crippen LogP contribution in [0.2, 0.25) is 0 Å². The van der Waals surface area contributed by atoms with E-state index in [1.807, 2.05) is 0 Å². The maximum absolute atomic E-state index is 12.4. The predicted molar refractivity (Wildman–Crippen MR) is 107 cm³/mol. The molecule has 180 valence electrons. The van der Waals surface area contributed by atoms with Crippen molar-refractivity contribution in [2.45, 2.75) is 58.4 Å². The number of benzene rings is 1. The Morgan fingerprint density at radius 2 is 1.33 bits per heavy atom. The van der Waals surface area contributed by atoms with E-state index in [0.29, 0.717) is 0 Å². The fourth-order valence-electron chi connectivity index (χ4n) is 3.04. The number of hydroxylamine groups is 1. The van der Waals surface area contributed by atoms with E-state index in [2.05, 4.69) is 5.48 Å². The minimum absolute atomic E-state index is 0.267. The molecule has 1 aliphatic heterocycles. The first-order valence-electron chi connectivity index (χ1n) is 9.90. The number of nitrogens with one attached hydrogen (secondary N) is 1. The summed E-state index contributed by atoms with van der Waals surface area (Å²) < 4.78 is 26.4. The lowest BCUT2D eigenvalue weighted by atomic mass is 9.98. The zero-order valence-electron chi connectivity index (χ0n) is 18.5. The summed E-state index contributed by atoms with van der Waals surface area (Å²) in [6.07, 6.45) is -6.87. The van der Waals surface area contributed by atoms with Crippen molar-refractivity contribution in [2.75, 3.05) is 6.61 Å². The average Bonchev–Trinajstić information content (AvgIpc) is 2.73. The SMILES string of the molecule is CC(=O)OCC1OC(ONC(=O)c2ccccc2)C(OC(C)=O)C(OC(C)=O)C1OC(C)=O. The van der Waals surface area contributed by atoms with Gasteiger partial charge in [0.2, 0.25) is 6.29 Å². The summed E-state index contributed by atoms with van der Waals surface area (Å²) in [7, 11) is 0. The molecule has 1 aromatic carbocycles. The van der Waals surface area contributed by atoms with E-state index in [0.717, 1.165) is 27.7 Å². The van der Waals surface area contributed by atoms with Crippen LogP contribution in [0.4, 0.5) is 0 Å². The minimum atomic E-state index is -1.52. The Balaban J connectivity index is 2.33. The van der Waals surface area contributed by atoms with E-state index in [4.69, 9.17) is 28.5 Å². The highest BCUT2D eigenvalue weighted by atomic mass is 16.8. The molecule has 33 heavy (non-hydrogen) atoms. The van der Waals surface area contributed by atoms with Crippen molar-refractivity contribution in [3.63, 3.8) is 0 Å². The second-order valence-electron chi connectivity index (χ2n) is 6.98. The average molecular weight is 467 g/mol. The van der Waals surface area contributed by atoms with Crippen LogP contribution >= 0.6 is 0 Å². The van der Waals surface area contributed by atoms with Gasteiger partial charge in [-0.15, -0.1) is 0 Å². The van der Waals surface area contributed by atoms with E-state index < -0.39 is 67.1 Å². The van der Waals surface area contributed by atoms with Crippen molar-refractivity contribution in [2.24, 2.45) is 0 Å². The maximum atomic E-state index is 12.4. The zero-order valence-corrected chi connectivity index (χ0v) is 18.5. The molecule has 0 saturated carbocycles. The molecule has 1 amide bonds. The summed E-state index contributed by atoms with van der Waals surface area (Å²) in [6, 6.07) is 8.07. The van der Waals surface area contributed by atoms with E-state index in [9.17, 15) is 24.0 Å². The van der Waals surface area contributed by atoms with Gasteiger partial charge in [0.05, 0.1) is 0 Å². The largest absolute Gasteiger partial charge is 0.463 e. The smallest absolute Gasteiger partial charge is 0.303 e. The van der Waals surface area contributed by atoms with Gasteiger partial charge in [0, 0.05) is 33.3 Å². The van der Waals surface area contributed by atoms with Crippen molar-refractivity contribution < 1.29 is 52.5 Å². The Morgan fingerprint density at radius 3 is 1.88 bits per heavy atom. The number of ether oxygens (including phenoxy) is 5. The third-order valence-electron chi connectivity index (χ3n) is 4.25. The van der Waals surface area contributed by atoms with Crippen LogP contribution in [0.1, 0.15) is 38.1 Å². The van der Waals surface area contributed by atoms with Gasteiger partial charge >= 0.3 is 23.9 Å². The number of rotatable bonds is 8. The second-order valence-corrected chi connectivity index (χ2v) is 6.98. The Labute approximate surface area is 189 Å². The summed E-state index contributed by atoms with van der Waals surface area (Å²) in [5, 5.41) is 0. The molecule has 1 fully saturated rings. The Bertz CT molecular complexity index is 872. The number of esters is 4. The van der Waals surface area contributed by atoms with Crippen LogP contribution in [0.15, 0.2) is 30.3 Å². The zero-order chi connectivity index (χ0) is 24.5. The fraction of sp³-hybridized carbons (Fsp3) is 0.476. The quantitative estimate of drug-likeness (QED) is 0.322. The van der Waals surface area contributed by atoms with E-state index in [1.165, 1.54) is 12.1 Å². The number of carbonyl (C=O) groups is 5.